The summed E-state index contributed by atoms with van der Waals surface area (Å²) in [6, 6.07) is 0. The van der Waals surface area contributed by atoms with Crippen molar-refractivity contribution in [1.29, 1.82) is 0 Å². The third kappa shape index (κ3) is 47.5. The largest absolute Gasteiger partial charge is 0.462 e. The average molecular weight is 849 g/mol. The molecule has 0 aliphatic rings. The van der Waals surface area contributed by atoms with E-state index in [0.717, 1.165) is 135 Å². The first kappa shape index (κ1) is 57.6. The van der Waals surface area contributed by atoms with Crippen molar-refractivity contribution in [3.8, 4) is 0 Å². The van der Waals surface area contributed by atoms with Crippen LogP contribution in [0.4, 0.5) is 0 Å². The van der Waals surface area contributed by atoms with E-state index in [-0.39, 0.29) is 31.1 Å². The Kier molecular flexibility index (Phi) is 46.5. The molecule has 0 saturated carbocycles. The Balaban J connectivity index is 4.38. The molecule has 0 amide bonds. The Hall–Kier alpha value is -3.41. The van der Waals surface area contributed by atoms with Gasteiger partial charge in [-0.3, -0.25) is 14.4 Å². The van der Waals surface area contributed by atoms with Crippen LogP contribution >= 0.6 is 0 Å². The van der Waals surface area contributed by atoms with Crippen molar-refractivity contribution in [3.63, 3.8) is 0 Å². The molecule has 61 heavy (non-hydrogen) atoms. The van der Waals surface area contributed by atoms with Gasteiger partial charge in [-0.15, -0.1) is 0 Å². The van der Waals surface area contributed by atoms with Crippen molar-refractivity contribution in [3.05, 3.63) is 85.1 Å². The molecule has 0 N–H and O–H groups in total. The minimum absolute atomic E-state index is 0.0879. The highest BCUT2D eigenvalue weighted by atomic mass is 16.6. The third-order valence-electron chi connectivity index (χ3n) is 10.4. The molecule has 1 atom stereocenters. The molecule has 1 unspecified atom stereocenters. The van der Waals surface area contributed by atoms with E-state index in [9.17, 15) is 14.4 Å². The van der Waals surface area contributed by atoms with Crippen molar-refractivity contribution in [2.45, 2.75) is 232 Å². The van der Waals surface area contributed by atoms with E-state index in [2.05, 4.69) is 106 Å². The van der Waals surface area contributed by atoms with Gasteiger partial charge in [0.1, 0.15) is 13.2 Å². The van der Waals surface area contributed by atoms with Crippen LogP contribution in [0.25, 0.3) is 0 Å². The molecule has 6 nitrogen and oxygen atoms in total. The van der Waals surface area contributed by atoms with Gasteiger partial charge in [0.25, 0.3) is 0 Å². The SMILES string of the molecule is CC/C=C\C/C=C\C/C=C\C/C=C\CCCCCCCCC(=O)OCC(COC(=O)CCCCCCCCCCC)OC(=O)CCCCCCC/C=C\C/C=C\C/C=C\CC. The second-order valence-corrected chi connectivity index (χ2v) is 16.3. The standard InChI is InChI=1S/C55H92O6/c1-4-7-10-13-16-19-21-23-25-26-27-28-30-31-33-36-39-42-45-48-54(57)60-51-52(50-59-53(56)47-44-41-38-35-18-15-12-9-6-3)61-55(58)49-46-43-40-37-34-32-29-24-22-20-17-14-11-8-5-2/h7-8,10-11,16-17,19-20,23-25,27-29,52H,4-6,9,12-15,18,21-22,26,30-51H2,1-3H3/b10-7-,11-8-,19-16-,20-17-,25-23-,28-27-,29-24-. The van der Waals surface area contributed by atoms with Crippen LogP contribution in [0.3, 0.4) is 0 Å². The number of unbranched alkanes of at least 4 members (excludes halogenated alkanes) is 19. The smallest absolute Gasteiger partial charge is 0.306 e. The number of allylic oxidation sites excluding steroid dienone is 14. The molecule has 0 saturated heterocycles. The highest BCUT2D eigenvalue weighted by molar-refractivity contribution is 5.71. The molecule has 6 heteroatoms. The second-order valence-electron chi connectivity index (χ2n) is 16.3. The number of hydrogen-bond acceptors (Lipinski definition) is 6. The molecule has 348 valence electrons. The number of rotatable bonds is 44. The van der Waals surface area contributed by atoms with Gasteiger partial charge in [-0.25, -0.2) is 0 Å². The van der Waals surface area contributed by atoms with Gasteiger partial charge in [0.15, 0.2) is 6.10 Å². The van der Waals surface area contributed by atoms with Gasteiger partial charge in [-0.1, -0.05) is 202 Å². The minimum Gasteiger partial charge on any atom is -0.462 e. The predicted octanol–water partition coefficient (Wildman–Crippen LogP) is 16.4. The molecule has 0 fully saturated rings. The minimum atomic E-state index is -0.789. The van der Waals surface area contributed by atoms with Gasteiger partial charge in [0.05, 0.1) is 0 Å². The summed E-state index contributed by atoms with van der Waals surface area (Å²) in [5.74, 6) is -0.924. The van der Waals surface area contributed by atoms with E-state index in [0.29, 0.717) is 19.3 Å². The van der Waals surface area contributed by atoms with Gasteiger partial charge in [0, 0.05) is 19.3 Å². The molecular formula is C55H92O6. The van der Waals surface area contributed by atoms with Crippen LogP contribution in [0.5, 0.6) is 0 Å². The Labute approximate surface area is 375 Å². The number of ether oxygens (including phenoxy) is 3. The van der Waals surface area contributed by atoms with Crippen LogP contribution in [-0.2, 0) is 28.6 Å². The summed E-state index contributed by atoms with van der Waals surface area (Å²) < 4.78 is 16.7. The lowest BCUT2D eigenvalue weighted by Crippen LogP contribution is -2.30. The molecule has 0 aromatic carbocycles. The Morgan fingerprint density at radius 1 is 0.344 bits per heavy atom. The molecule has 0 aliphatic carbocycles. The molecule has 0 aromatic heterocycles. The molecular weight excluding hydrogens is 757 g/mol. The topological polar surface area (TPSA) is 78.9 Å². The lowest BCUT2D eigenvalue weighted by Gasteiger charge is -2.18. The number of hydrogen-bond donors (Lipinski definition) is 0. The first-order chi connectivity index (χ1) is 30.0. The van der Waals surface area contributed by atoms with Crippen LogP contribution in [0.1, 0.15) is 226 Å². The summed E-state index contributed by atoms with van der Waals surface area (Å²) in [6.07, 6.45) is 62.8. The van der Waals surface area contributed by atoms with Gasteiger partial charge < -0.3 is 14.2 Å². The summed E-state index contributed by atoms with van der Waals surface area (Å²) in [7, 11) is 0. The molecule has 0 rings (SSSR count). The van der Waals surface area contributed by atoms with Crippen LogP contribution < -0.4 is 0 Å². The molecule has 0 spiro atoms. The molecule has 0 aliphatic heterocycles. The van der Waals surface area contributed by atoms with Gasteiger partial charge in [0.2, 0.25) is 0 Å². The normalized spacial score (nSPS) is 12.8. The predicted molar refractivity (Wildman–Crippen MR) is 261 cm³/mol. The van der Waals surface area contributed by atoms with E-state index in [1.807, 2.05) is 0 Å². The Bertz CT molecular complexity index is 1200. The number of carbonyl (C=O) groups is 3. The van der Waals surface area contributed by atoms with E-state index < -0.39 is 6.10 Å². The average Bonchev–Trinajstić information content (AvgIpc) is 3.26. The fourth-order valence-electron chi connectivity index (χ4n) is 6.68. The van der Waals surface area contributed by atoms with Gasteiger partial charge >= 0.3 is 17.9 Å². The van der Waals surface area contributed by atoms with Crippen molar-refractivity contribution in [1.82, 2.24) is 0 Å². The monoisotopic (exact) mass is 849 g/mol. The zero-order chi connectivity index (χ0) is 44.4. The molecule has 0 radical (unpaired) electrons. The van der Waals surface area contributed by atoms with Crippen LogP contribution in [-0.4, -0.2) is 37.2 Å². The zero-order valence-corrected chi connectivity index (χ0v) is 39.7. The summed E-state index contributed by atoms with van der Waals surface area (Å²) in [6.45, 7) is 6.36. The summed E-state index contributed by atoms with van der Waals surface area (Å²) in [4.78, 5) is 37.9. The maximum atomic E-state index is 12.8. The maximum Gasteiger partial charge on any atom is 0.306 e. The summed E-state index contributed by atoms with van der Waals surface area (Å²) in [5, 5.41) is 0. The maximum absolute atomic E-state index is 12.8. The number of carbonyl (C=O) groups excluding carboxylic acids is 3. The van der Waals surface area contributed by atoms with Crippen molar-refractivity contribution in [2.75, 3.05) is 13.2 Å². The first-order valence-electron chi connectivity index (χ1n) is 25.1. The fourth-order valence-corrected chi connectivity index (χ4v) is 6.68. The Morgan fingerprint density at radius 3 is 1.00 bits per heavy atom. The quantitative estimate of drug-likeness (QED) is 0.0263. The number of esters is 3. The molecule has 0 bridgehead atoms. The second kappa shape index (κ2) is 49.2. The molecule has 0 aromatic rings. The third-order valence-corrected chi connectivity index (χ3v) is 10.4. The fraction of sp³-hybridized carbons (Fsp3) is 0.691. The first-order valence-corrected chi connectivity index (χ1v) is 25.1. The highest BCUT2D eigenvalue weighted by Gasteiger charge is 2.19. The van der Waals surface area contributed by atoms with Crippen molar-refractivity contribution in [2.24, 2.45) is 0 Å². The Morgan fingerprint density at radius 2 is 0.639 bits per heavy atom. The van der Waals surface area contributed by atoms with E-state index in [4.69, 9.17) is 14.2 Å². The molecule has 0 heterocycles. The van der Waals surface area contributed by atoms with E-state index >= 15 is 0 Å². The lowest BCUT2D eigenvalue weighted by molar-refractivity contribution is -0.167. The van der Waals surface area contributed by atoms with Crippen LogP contribution in [0.15, 0.2) is 85.1 Å². The van der Waals surface area contributed by atoms with Gasteiger partial charge in [-0.05, 0) is 89.9 Å². The van der Waals surface area contributed by atoms with Crippen molar-refractivity contribution < 1.29 is 28.6 Å². The van der Waals surface area contributed by atoms with Crippen LogP contribution in [0.2, 0.25) is 0 Å². The summed E-state index contributed by atoms with van der Waals surface area (Å²) >= 11 is 0. The summed E-state index contributed by atoms with van der Waals surface area (Å²) in [5.41, 5.74) is 0. The zero-order valence-electron chi connectivity index (χ0n) is 39.7. The lowest BCUT2D eigenvalue weighted by atomic mass is 10.1. The van der Waals surface area contributed by atoms with Crippen LogP contribution in [0, 0.1) is 0 Å². The van der Waals surface area contributed by atoms with Crippen molar-refractivity contribution >= 4 is 17.9 Å². The van der Waals surface area contributed by atoms with Gasteiger partial charge in [-0.2, -0.15) is 0 Å². The van der Waals surface area contributed by atoms with E-state index in [1.54, 1.807) is 0 Å². The highest BCUT2D eigenvalue weighted by Crippen LogP contribution is 2.14. The van der Waals surface area contributed by atoms with E-state index in [1.165, 1.54) is 51.4 Å².